The van der Waals surface area contributed by atoms with Gasteiger partial charge in [0.15, 0.2) is 5.60 Å². The molecule has 43 heavy (non-hydrogen) atoms. The van der Waals surface area contributed by atoms with E-state index in [4.69, 9.17) is 4.74 Å². The average Bonchev–Trinajstić information content (AvgIpc) is 3.21. The second-order valence-electron chi connectivity index (χ2n) is 12.2. The lowest BCUT2D eigenvalue weighted by Crippen LogP contribution is -2.37. The normalized spacial score (nSPS) is 15.7. The molecule has 222 valence electrons. The average molecular weight is 596 g/mol. The lowest BCUT2D eigenvalue weighted by molar-refractivity contribution is -0.148. The van der Waals surface area contributed by atoms with Crippen molar-refractivity contribution >= 4 is 21.7 Å². The number of nitrogens with zero attached hydrogens (tertiary/aromatic N) is 1. The highest BCUT2D eigenvalue weighted by molar-refractivity contribution is 7.92. The van der Waals surface area contributed by atoms with Gasteiger partial charge in [-0.1, -0.05) is 112 Å². The molecular formula is C36H37NO5S. The van der Waals surface area contributed by atoms with Gasteiger partial charge in [0, 0.05) is 25.8 Å². The highest BCUT2D eigenvalue weighted by Gasteiger charge is 2.52. The second kappa shape index (κ2) is 11.7. The number of sulfonamides is 1. The van der Waals surface area contributed by atoms with Crippen molar-refractivity contribution in [1.29, 1.82) is 0 Å². The topological polar surface area (TPSA) is 83.9 Å². The Bertz CT molecular complexity index is 1690. The third-order valence-electron chi connectivity index (χ3n) is 7.98. The van der Waals surface area contributed by atoms with E-state index in [1.807, 2.05) is 87.5 Å². The zero-order valence-electron chi connectivity index (χ0n) is 24.9. The standard InChI is InChI=1S/C36H37NO5S/c1-35(2,3)32(28-19-14-20-29(23-28)37(4)43(40,41)30-21-12-7-13-22-30)31-33(38)36(42-34(31)39,24-26-15-8-5-9-16-26)25-27-17-10-6-11-18-27/h5-23,32,38H,24-25H2,1-4H3. The van der Waals surface area contributed by atoms with Crippen LogP contribution in [0.5, 0.6) is 0 Å². The molecule has 1 aliphatic heterocycles. The van der Waals surface area contributed by atoms with Crippen molar-refractivity contribution in [2.45, 2.75) is 50.0 Å². The Balaban J connectivity index is 1.61. The second-order valence-corrected chi connectivity index (χ2v) is 14.1. The van der Waals surface area contributed by atoms with Crippen molar-refractivity contribution in [3.8, 4) is 0 Å². The summed E-state index contributed by atoms with van der Waals surface area (Å²) >= 11 is 0. The van der Waals surface area contributed by atoms with Gasteiger partial charge in [-0.05, 0) is 46.4 Å². The maximum atomic E-state index is 13.9. The smallest absolute Gasteiger partial charge is 0.339 e. The molecule has 7 heteroatoms. The van der Waals surface area contributed by atoms with E-state index >= 15 is 0 Å². The number of aliphatic hydroxyl groups excluding tert-OH is 1. The van der Waals surface area contributed by atoms with E-state index in [9.17, 15) is 18.3 Å². The molecule has 6 nitrogen and oxygen atoms in total. The van der Waals surface area contributed by atoms with E-state index in [1.54, 1.807) is 48.5 Å². The summed E-state index contributed by atoms with van der Waals surface area (Å²) < 4.78 is 34.2. The van der Waals surface area contributed by atoms with Crippen molar-refractivity contribution in [3.63, 3.8) is 0 Å². The number of anilines is 1. The predicted molar refractivity (Wildman–Crippen MR) is 169 cm³/mol. The van der Waals surface area contributed by atoms with E-state index in [-0.39, 0.29) is 16.2 Å². The van der Waals surface area contributed by atoms with Gasteiger partial charge in [0.2, 0.25) is 0 Å². The first kappa shape index (κ1) is 30.1. The first-order valence-electron chi connectivity index (χ1n) is 14.3. The predicted octanol–water partition coefficient (Wildman–Crippen LogP) is 7.23. The number of rotatable bonds is 9. The Labute approximate surface area is 254 Å². The van der Waals surface area contributed by atoms with Crippen molar-refractivity contribution < 1.29 is 23.1 Å². The summed E-state index contributed by atoms with van der Waals surface area (Å²) in [5.41, 5.74) is 1.39. The maximum absolute atomic E-state index is 13.9. The molecule has 0 radical (unpaired) electrons. The first-order chi connectivity index (χ1) is 20.4. The van der Waals surface area contributed by atoms with Gasteiger partial charge in [-0.15, -0.1) is 0 Å². The van der Waals surface area contributed by atoms with E-state index in [0.717, 1.165) is 11.1 Å². The number of aliphatic hydroxyl groups is 1. The number of hydrogen-bond donors (Lipinski definition) is 1. The molecule has 5 rings (SSSR count). The van der Waals surface area contributed by atoms with Crippen molar-refractivity contribution in [2.75, 3.05) is 11.4 Å². The molecule has 1 aliphatic rings. The van der Waals surface area contributed by atoms with E-state index in [1.165, 1.54) is 11.4 Å². The lowest BCUT2D eigenvalue weighted by Gasteiger charge is -2.32. The Morgan fingerprint density at radius 3 is 1.81 bits per heavy atom. The highest BCUT2D eigenvalue weighted by Crippen LogP contribution is 2.49. The Morgan fingerprint density at radius 2 is 1.30 bits per heavy atom. The van der Waals surface area contributed by atoms with Gasteiger partial charge in [0.25, 0.3) is 10.0 Å². The molecule has 1 N–H and O–H groups in total. The zero-order chi connectivity index (χ0) is 30.8. The van der Waals surface area contributed by atoms with Gasteiger partial charge in [-0.25, -0.2) is 13.2 Å². The van der Waals surface area contributed by atoms with Crippen LogP contribution in [0.1, 0.15) is 43.4 Å². The number of benzene rings is 4. The van der Waals surface area contributed by atoms with Gasteiger partial charge >= 0.3 is 5.97 Å². The number of hydrogen-bond acceptors (Lipinski definition) is 5. The molecule has 1 heterocycles. The van der Waals surface area contributed by atoms with Crippen LogP contribution in [0.15, 0.2) is 131 Å². The molecule has 0 aliphatic carbocycles. The largest absolute Gasteiger partial charge is 0.507 e. The first-order valence-corrected chi connectivity index (χ1v) is 15.8. The number of carbonyl (C=O) groups excluding carboxylic acids is 1. The van der Waals surface area contributed by atoms with Crippen LogP contribution in [0, 0.1) is 5.41 Å². The summed E-state index contributed by atoms with van der Waals surface area (Å²) in [5.74, 6) is -1.23. The summed E-state index contributed by atoms with van der Waals surface area (Å²) in [6.07, 6.45) is 0.609. The molecule has 0 spiro atoms. The highest BCUT2D eigenvalue weighted by atomic mass is 32.2. The fourth-order valence-electron chi connectivity index (χ4n) is 5.92. The van der Waals surface area contributed by atoms with Crippen LogP contribution in [-0.2, 0) is 32.4 Å². The monoisotopic (exact) mass is 595 g/mol. The summed E-state index contributed by atoms with van der Waals surface area (Å²) in [6, 6.07) is 34.8. The minimum absolute atomic E-state index is 0.0826. The quantitative estimate of drug-likeness (QED) is 0.206. The minimum Gasteiger partial charge on any atom is -0.507 e. The number of ether oxygens (including phenoxy) is 1. The number of cyclic esters (lactones) is 1. The molecule has 0 saturated carbocycles. The molecule has 4 aromatic carbocycles. The lowest BCUT2D eigenvalue weighted by atomic mass is 9.71. The summed E-state index contributed by atoms with van der Waals surface area (Å²) in [6.45, 7) is 5.99. The summed E-state index contributed by atoms with van der Waals surface area (Å²) in [5, 5.41) is 12.1. The van der Waals surface area contributed by atoms with Crippen molar-refractivity contribution in [1.82, 2.24) is 0 Å². The molecule has 0 amide bonds. The van der Waals surface area contributed by atoms with Crippen LogP contribution in [0.25, 0.3) is 0 Å². The van der Waals surface area contributed by atoms with Crippen molar-refractivity contribution in [2.24, 2.45) is 5.41 Å². The van der Waals surface area contributed by atoms with Gasteiger partial charge in [0.05, 0.1) is 16.2 Å². The fourth-order valence-corrected chi connectivity index (χ4v) is 7.13. The van der Waals surface area contributed by atoms with E-state index in [2.05, 4.69) is 0 Å². The molecule has 1 unspecified atom stereocenters. The summed E-state index contributed by atoms with van der Waals surface area (Å²) in [7, 11) is -2.31. The maximum Gasteiger partial charge on any atom is 0.339 e. The van der Waals surface area contributed by atoms with Crippen LogP contribution < -0.4 is 4.31 Å². The third kappa shape index (κ3) is 6.09. The molecule has 0 fully saturated rings. The molecule has 0 aromatic heterocycles. The van der Waals surface area contributed by atoms with E-state index in [0.29, 0.717) is 24.1 Å². The van der Waals surface area contributed by atoms with Gasteiger partial charge in [-0.2, -0.15) is 0 Å². The Morgan fingerprint density at radius 1 is 0.791 bits per heavy atom. The fraction of sp³-hybridized carbons (Fsp3) is 0.250. The van der Waals surface area contributed by atoms with Crippen LogP contribution in [0.4, 0.5) is 5.69 Å². The van der Waals surface area contributed by atoms with Gasteiger partial charge in [0.1, 0.15) is 5.76 Å². The van der Waals surface area contributed by atoms with Crippen LogP contribution >= 0.6 is 0 Å². The molecular weight excluding hydrogens is 558 g/mol. The third-order valence-corrected chi connectivity index (χ3v) is 9.78. The van der Waals surface area contributed by atoms with Gasteiger partial charge < -0.3 is 9.84 Å². The minimum atomic E-state index is -3.82. The SMILES string of the molecule is CN(c1cccc(C(C2=C(O)C(Cc3ccccc3)(Cc3ccccc3)OC2=O)C(C)(C)C)c1)S(=O)(=O)c1ccccc1. The van der Waals surface area contributed by atoms with Crippen molar-refractivity contribution in [3.05, 3.63) is 143 Å². The van der Waals surface area contributed by atoms with Crippen LogP contribution in [-0.4, -0.2) is 32.1 Å². The molecule has 4 aromatic rings. The molecule has 1 atom stereocenters. The molecule has 0 saturated heterocycles. The number of esters is 1. The van der Waals surface area contributed by atoms with Crippen LogP contribution in [0.3, 0.4) is 0 Å². The Hall–Kier alpha value is -4.36. The van der Waals surface area contributed by atoms with Crippen LogP contribution in [0.2, 0.25) is 0 Å². The van der Waals surface area contributed by atoms with Gasteiger partial charge in [-0.3, -0.25) is 4.31 Å². The molecule has 0 bridgehead atoms. The zero-order valence-corrected chi connectivity index (χ0v) is 25.7. The number of carbonyl (C=O) groups is 1. The summed E-state index contributed by atoms with van der Waals surface area (Å²) in [4.78, 5) is 14.0. The Kier molecular flexibility index (Phi) is 8.21. The van der Waals surface area contributed by atoms with E-state index < -0.39 is 32.9 Å².